The third kappa shape index (κ3) is 4.39. The highest BCUT2D eigenvalue weighted by atomic mass is 32.2. The number of hydrogen-bond acceptors (Lipinski definition) is 6. The summed E-state index contributed by atoms with van der Waals surface area (Å²) in [5.74, 6) is 1.99. The average molecular weight is 474 g/mol. The SMILES string of the molecule is CN1CC(C2=C(C3CN(CCCSC(=N)N)C4CCCCC34)C(=O)NC2=O)C2CCCCC21. The highest BCUT2D eigenvalue weighted by molar-refractivity contribution is 8.13. The van der Waals surface area contributed by atoms with Crippen LogP contribution in [0, 0.1) is 29.1 Å². The molecule has 2 saturated heterocycles. The van der Waals surface area contributed by atoms with Gasteiger partial charge in [0, 0.05) is 53.9 Å². The Morgan fingerprint density at radius 1 is 0.970 bits per heavy atom. The Morgan fingerprint density at radius 2 is 1.55 bits per heavy atom. The molecule has 5 rings (SSSR count). The minimum Gasteiger partial charge on any atom is -0.379 e. The van der Waals surface area contributed by atoms with Crippen molar-refractivity contribution in [3.05, 3.63) is 11.1 Å². The van der Waals surface area contributed by atoms with E-state index >= 15 is 0 Å². The molecule has 5 aliphatic rings. The van der Waals surface area contributed by atoms with E-state index in [9.17, 15) is 9.59 Å². The minimum atomic E-state index is -0.111. The number of imide groups is 1. The van der Waals surface area contributed by atoms with E-state index in [1.165, 1.54) is 56.7 Å². The minimum absolute atomic E-state index is 0.108. The summed E-state index contributed by atoms with van der Waals surface area (Å²) in [5, 5.41) is 10.3. The monoisotopic (exact) mass is 473 g/mol. The number of fused-ring (bicyclic) bond motifs is 2. The van der Waals surface area contributed by atoms with Crippen LogP contribution in [0.25, 0.3) is 0 Å². The Bertz CT molecular complexity index is 845. The fourth-order valence-electron chi connectivity index (χ4n) is 7.86. The van der Waals surface area contributed by atoms with E-state index in [2.05, 4.69) is 22.2 Å². The Hall–Kier alpha value is -1.38. The van der Waals surface area contributed by atoms with Gasteiger partial charge in [0.05, 0.1) is 0 Å². The molecule has 8 heteroatoms. The van der Waals surface area contributed by atoms with E-state index in [4.69, 9.17) is 11.1 Å². The molecule has 0 aromatic rings. The number of carbonyl (C=O) groups is 2. The van der Waals surface area contributed by atoms with Crippen LogP contribution < -0.4 is 11.1 Å². The van der Waals surface area contributed by atoms with Gasteiger partial charge in [-0.1, -0.05) is 37.4 Å². The summed E-state index contributed by atoms with van der Waals surface area (Å²) in [6, 6.07) is 1.07. The maximum Gasteiger partial charge on any atom is 0.254 e. The quantitative estimate of drug-likeness (QED) is 0.237. The topological polar surface area (TPSA) is 103 Å². The molecule has 4 N–H and O–H groups in total. The average Bonchev–Trinajstić information content (AvgIpc) is 3.42. The van der Waals surface area contributed by atoms with Gasteiger partial charge >= 0.3 is 0 Å². The number of rotatable bonds is 6. The predicted molar refractivity (Wildman–Crippen MR) is 132 cm³/mol. The van der Waals surface area contributed by atoms with E-state index < -0.39 is 0 Å². The zero-order valence-electron chi connectivity index (χ0n) is 19.9. The standard InChI is InChI=1S/C25H39N5O2S/c1-29-13-17(15-7-2-4-9-19(15)29)21-22(24(32)28-23(21)31)18-14-30(11-6-12-33-25(26)27)20-10-5-3-8-16(18)20/h15-20H,2-14H2,1H3,(H3,26,27)(H,28,31,32). The van der Waals surface area contributed by atoms with Gasteiger partial charge in [-0.25, -0.2) is 0 Å². The summed E-state index contributed by atoms with van der Waals surface area (Å²) in [5.41, 5.74) is 7.20. The van der Waals surface area contributed by atoms with Crippen molar-refractivity contribution in [1.82, 2.24) is 15.1 Å². The molecule has 0 aromatic heterocycles. The molecule has 2 amide bonds. The van der Waals surface area contributed by atoms with Crippen LogP contribution in [-0.4, -0.2) is 71.3 Å². The van der Waals surface area contributed by atoms with Crippen molar-refractivity contribution < 1.29 is 9.59 Å². The summed E-state index contributed by atoms with van der Waals surface area (Å²) < 4.78 is 0. The van der Waals surface area contributed by atoms with Crippen molar-refractivity contribution in [1.29, 1.82) is 5.41 Å². The molecule has 2 saturated carbocycles. The van der Waals surface area contributed by atoms with Crippen molar-refractivity contribution in [3.8, 4) is 0 Å². The lowest BCUT2D eigenvalue weighted by molar-refractivity contribution is -0.124. The lowest BCUT2D eigenvalue weighted by atomic mass is 9.72. The third-order valence-corrected chi connectivity index (χ3v) is 9.95. The highest BCUT2D eigenvalue weighted by Gasteiger charge is 2.52. The fraction of sp³-hybridized carbons (Fsp3) is 0.800. The second-order valence-electron chi connectivity index (χ2n) is 10.9. The Labute approximate surface area is 201 Å². The zero-order valence-corrected chi connectivity index (χ0v) is 20.7. The second-order valence-corrected chi connectivity index (χ2v) is 12.0. The molecule has 6 unspecified atom stereocenters. The van der Waals surface area contributed by atoms with Crippen LogP contribution in [0.3, 0.4) is 0 Å². The van der Waals surface area contributed by atoms with Gasteiger partial charge in [-0.15, -0.1) is 0 Å². The smallest absolute Gasteiger partial charge is 0.254 e. The first kappa shape index (κ1) is 23.4. The first-order valence-corrected chi connectivity index (χ1v) is 13.9. The highest BCUT2D eigenvalue weighted by Crippen LogP contribution is 2.49. The van der Waals surface area contributed by atoms with Crippen LogP contribution in [0.5, 0.6) is 0 Å². The van der Waals surface area contributed by atoms with Crippen LogP contribution >= 0.6 is 11.8 Å². The number of thioether (sulfide) groups is 1. The molecule has 0 bridgehead atoms. The molecule has 182 valence electrons. The first-order valence-electron chi connectivity index (χ1n) is 13.0. The van der Waals surface area contributed by atoms with Gasteiger partial charge in [0.1, 0.15) is 0 Å². The van der Waals surface area contributed by atoms with E-state index in [1.807, 2.05) is 0 Å². The van der Waals surface area contributed by atoms with Gasteiger partial charge in [-0.2, -0.15) is 0 Å². The number of nitrogens with two attached hydrogens (primary N) is 1. The summed E-state index contributed by atoms with van der Waals surface area (Å²) >= 11 is 1.41. The van der Waals surface area contributed by atoms with Crippen LogP contribution in [0.1, 0.15) is 57.8 Å². The maximum absolute atomic E-state index is 13.2. The number of hydrogen-bond donors (Lipinski definition) is 3. The second kappa shape index (κ2) is 9.70. The van der Waals surface area contributed by atoms with Gasteiger partial charge in [0.2, 0.25) is 0 Å². The summed E-state index contributed by atoms with van der Waals surface area (Å²) in [6.45, 7) is 2.77. The van der Waals surface area contributed by atoms with Crippen molar-refractivity contribution in [2.45, 2.75) is 69.9 Å². The number of amides is 2. The molecule has 3 heterocycles. The van der Waals surface area contributed by atoms with E-state index in [1.54, 1.807) is 0 Å². The van der Waals surface area contributed by atoms with Gasteiger partial charge in [0.25, 0.3) is 11.8 Å². The van der Waals surface area contributed by atoms with Gasteiger partial charge in [-0.05, 0) is 57.5 Å². The van der Waals surface area contributed by atoms with Crippen LogP contribution in [0.15, 0.2) is 11.1 Å². The zero-order chi connectivity index (χ0) is 23.1. The predicted octanol–water partition coefficient (Wildman–Crippen LogP) is 2.57. The molecule has 0 spiro atoms. The summed E-state index contributed by atoms with van der Waals surface area (Å²) in [7, 11) is 2.20. The lowest BCUT2D eigenvalue weighted by Crippen LogP contribution is -2.35. The van der Waals surface area contributed by atoms with E-state index in [0.717, 1.165) is 49.4 Å². The molecular weight excluding hydrogens is 434 g/mol. The number of amidine groups is 1. The van der Waals surface area contributed by atoms with E-state index in [0.29, 0.717) is 23.9 Å². The molecule has 3 aliphatic heterocycles. The summed E-state index contributed by atoms with van der Waals surface area (Å²) in [4.78, 5) is 31.4. The number of nitrogens with zero attached hydrogens (tertiary/aromatic N) is 2. The molecule has 6 atom stereocenters. The number of carbonyl (C=O) groups excluding carboxylic acids is 2. The Balaban J connectivity index is 1.41. The van der Waals surface area contributed by atoms with Gasteiger partial charge in [0.15, 0.2) is 5.17 Å². The van der Waals surface area contributed by atoms with Crippen molar-refractivity contribution in [2.75, 3.05) is 32.4 Å². The van der Waals surface area contributed by atoms with Gasteiger partial charge in [-0.3, -0.25) is 25.2 Å². The van der Waals surface area contributed by atoms with Crippen molar-refractivity contribution in [2.24, 2.45) is 29.4 Å². The maximum atomic E-state index is 13.2. The molecule has 2 aliphatic carbocycles. The molecule has 7 nitrogen and oxygen atoms in total. The number of likely N-dealkylation sites (tertiary alicyclic amines) is 2. The molecule has 4 fully saturated rings. The Morgan fingerprint density at radius 3 is 2.21 bits per heavy atom. The largest absolute Gasteiger partial charge is 0.379 e. The number of nitrogens with one attached hydrogen (secondary N) is 2. The molecule has 0 aromatic carbocycles. The van der Waals surface area contributed by atoms with Crippen molar-refractivity contribution >= 4 is 28.7 Å². The normalized spacial score (nSPS) is 37.4. The Kier molecular flexibility index (Phi) is 6.87. The molecule has 33 heavy (non-hydrogen) atoms. The fourth-order valence-corrected chi connectivity index (χ4v) is 8.35. The van der Waals surface area contributed by atoms with Crippen LogP contribution in [-0.2, 0) is 9.59 Å². The van der Waals surface area contributed by atoms with Crippen LogP contribution in [0.2, 0.25) is 0 Å². The van der Waals surface area contributed by atoms with E-state index in [-0.39, 0.29) is 28.8 Å². The van der Waals surface area contributed by atoms with Crippen LogP contribution in [0.4, 0.5) is 0 Å². The summed E-state index contributed by atoms with van der Waals surface area (Å²) in [6.07, 6.45) is 10.7. The molecule has 0 radical (unpaired) electrons. The van der Waals surface area contributed by atoms with Gasteiger partial charge < -0.3 is 10.6 Å². The third-order valence-electron chi connectivity index (χ3n) is 9.14. The van der Waals surface area contributed by atoms with Crippen molar-refractivity contribution in [3.63, 3.8) is 0 Å². The molecular formula is C25H39N5O2S. The first-order chi connectivity index (χ1) is 16.0. The lowest BCUT2D eigenvalue weighted by Gasteiger charge is -2.33.